The third kappa shape index (κ3) is 5.61. The van der Waals surface area contributed by atoms with Gasteiger partial charge in [0.1, 0.15) is 4.90 Å². The Balaban J connectivity index is 1.46. The van der Waals surface area contributed by atoms with Crippen molar-refractivity contribution in [3.63, 3.8) is 0 Å². The Morgan fingerprint density at radius 3 is 1.32 bits per heavy atom. The number of hydrogen-bond donors (Lipinski definition) is 2. The van der Waals surface area contributed by atoms with Gasteiger partial charge in [0.15, 0.2) is 0 Å². The molecule has 0 saturated heterocycles. The van der Waals surface area contributed by atoms with E-state index in [2.05, 4.69) is 72.8 Å². The number of rotatable bonds is 7. The maximum atomic E-state index is 12.7. The van der Waals surface area contributed by atoms with Gasteiger partial charge in [-0.2, -0.15) is 19.3 Å². The van der Waals surface area contributed by atoms with Crippen molar-refractivity contribution in [3.8, 4) is 33.4 Å². The van der Waals surface area contributed by atoms with Crippen LogP contribution in [0.1, 0.15) is 0 Å². The van der Waals surface area contributed by atoms with E-state index >= 15 is 0 Å². The molecule has 0 atom stereocenters. The average Bonchev–Trinajstić information content (AvgIpc) is 3.02. The molecule has 41 heavy (non-hydrogen) atoms. The van der Waals surface area contributed by atoms with Crippen LogP contribution in [-0.4, -0.2) is 13.0 Å². The fraction of sp³-hybridized carbons (Fsp3) is 0. The summed E-state index contributed by atoms with van der Waals surface area (Å²) in [5.74, 6) is 0. The molecule has 6 rings (SSSR count). The van der Waals surface area contributed by atoms with Crippen LogP contribution >= 0.6 is 10.9 Å². The van der Waals surface area contributed by atoms with Gasteiger partial charge in [0, 0.05) is 16.0 Å². The first-order chi connectivity index (χ1) is 20.0. The van der Waals surface area contributed by atoms with Crippen LogP contribution in [0.25, 0.3) is 33.4 Å². The van der Waals surface area contributed by atoms with Crippen molar-refractivity contribution in [3.05, 3.63) is 158 Å². The molecule has 0 bridgehead atoms. The van der Waals surface area contributed by atoms with Crippen LogP contribution < -0.4 is 0 Å². The topological polar surface area (TPSA) is 54.4 Å². The molecule has 0 spiro atoms. The molecule has 0 fully saturated rings. The first-order valence-electron chi connectivity index (χ1n) is 13.3. The second-order valence-corrected chi connectivity index (χ2v) is 13.2. The van der Waals surface area contributed by atoms with Gasteiger partial charge in [-0.1, -0.05) is 127 Å². The third-order valence-electron chi connectivity index (χ3n) is 7.04. The molecule has 6 aromatic rings. The maximum Gasteiger partial charge on any atom is 0.295 e. The van der Waals surface area contributed by atoms with E-state index in [-0.39, 0.29) is 4.90 Å². The molecule has 1 N–H and O–H groups in total. The molecule has 6 aromatic carbocycles. The van der Waals surface area contributed by atoms with E-state index in [0.717, 1.165) is 16.7 Å². The smallest absolute Gasteiger partial charge is 0.282 e. The van der Waals surface area contributed by atoms with Crippen molar-refractivity contribution in [2.24, 2.45) is 0 Å². The lowest BCUT2D eigenvalue weighted by Gasteiger charge is -2.26. The Morgan fingerprint density at radius 1 is 0.415 bits per heavy atom. The van der Waals surface area contributed by atoms with Gasteiger partial charge in [-0.25, -0.2) is 0 Å². The molecule has 0 aliphatic heterocycles. The highest BCUT2D eigenvalue weighted by Gasteiger charge is 2.23. The van der Waals surface area contributed by atoms with E-state index in [0.29, 0.717) is 16.7 Å². The molecule has 0 aliphatic rings. The van der Waals surface area contributed by atoms with E-state index in [9.17, 15) is 13.0 Å². The standard InChI is InChI=1S/C36H28O3S2/c37-41(38,39)36-33(27-13-4-1-5-14-27)20-12-21-34(36)29-25-23-28(24-26-29)32-19-10-11-22-35(32)40(30-15-6-2-7-16-30)31-17-8-3-9-18-31/h1-26,40H,(H,37,38,39). The van der Waals surface area contributed by atoms with E-state index in [4.69, 9.17) is 0 Å². The van der Waals surface area contributed by atoms with E-state index < -0.39 is 21.0 Å². The van der Waals surface area contributed by atoms with E-state index in [1.807, 2.05) is 72.8 Å². The molecule has 202 valence electrons. The Bertz CT molecular complexity index is 1850. The van der Waals surface area contributed by atoms with Gasteiger partial charge in [0.2, 0.25) is 0 Å². The summed E-state index contributed by atoms with van der Waals surface area (Å²) in [5, 5.41) is 0. The Kier molecular flexibility index (Phi) is 7.57. The van der Waals surface area contributed by atoms with Crippen molar-refractivity contribution in [2.45, 2.75) is 19.6 Å². The van der Waals surface area contributed by atoms with E-state index in [1.54, 1.807) is 12.1 Å². The second-order valence-electron chi connectivity index (χ2n) is 9.62. The molecular formula is C36H28O3S2. The van der Waals surface area contributed by atoms with Crippen molar-refractivity contribution in [2.75, 3.05) is 0 Å². The largest absolute Gasteiger partial charge is 0.295 e. The zero-order valence-corrected chi connectivity index (χ0v) is 23.8. The van der Waals surface area contributed by atoms with Crippen molar-refractivity contribution >= 4 is 21.0 Å². The normalized spacial score (nSPS) is 11.7. The maximum absolute atomic E-state index is 12.7. The number of thiol groups is 1. The summed E-state index contributed by atoms with van der Waals surface area (Å²) in [7, 11) is -5.30. The fourth-order valence-electron chi connectivity index (χ4n) is 5.21. The highest BCUT2D eigenvalue weighted by Crippen LogP contribution is 2.54. The Labute approximate surface area is 243 Å². The van der Waals surface area contributed by atoms with Gasteiger partial charge in [0.05, 0.1) is 0 Å². The summed E-state index contributed by atoms with van der Waals surface area (Å²) in [6.07, 6.45) is 0. The van der Waals surface area contributed by atoms with Crippen LogP contribution in [-0.2, 0) is 10.1 Å². The SMILES string of the molecule is O=S(=O)(O)c1c(-c2ccccc2)cccc1-c1ccc(-c2ccccc2[SH](c2ccccc2)c2ccccc2)cc1. The molecular weight excluding hydrogens is 545 g/mol. The predicted octanol–water partition coefficient (Wildman–Crippen LogP) is 9.41. The molecule has 0 radical (unpaired) electrons. The van der Waals surface area contributed by atoms with Gasteiger partial charge >= 0.3 is 0 Å². The van der Waals surface area contributed by atoms with Crippen molar-refractivity contribution in [1.82, 2.24) is 0 Å². The van der Waals surface area contributed by atoms with Crippen LogP contribution in [0.15, 0.2) is 177 Å². The van der Waals surface area contributed by atoms with Crippen LogP contribution in [0, 0.1) is 0 Å². The minimum absolute atomic E-state index is 0.0870. The molecule has 0 aromatic heterocycles. The van der Waals surface area contributed by atoms with Gasteiger partial charge in [-0.3, -0.25) is 4.55 Å². The minimum Gasteiger partial charge on any atom is -0.282 e. The first kappa shape index (κ1) is 26.8. The summed E-state index contributed by atoms with van der Waals surface area (Å²) in [6.45, 7) is 0. The molecule has 5 heteroatoms. The molecule has 0 amide bonds. The lowest BCUT2D eigenvalue weighted by molar-refractivity contribution is 0.484. The zero-order chi connectivity index (χ0) is 28.2. The Hall–Kier alpha value is -4.42. The second kappa shape index (κ2) is 11.6. The lowest BCUT2D eigenvalue weighted by Crippen LogP contribution is -2.03. The predicted molar refractivity (Wildman–Crippen MR) is 169 cm³/mol. The zero-order valence-electron chi connectivity index (χ0n) is 22.1. The Morgan fingerprint density at radius 2 is 0.805 bits per heavy atom. The van der Waals surface area contributed by atoms with Crippen molar-refractivity contribution in [1.29, 1.82) is 0 Å². The fourth-order valence-corrected chi connectivity index (χ4v) is 8.61. The highest BCUT2D eigenvalue weighted by molar-refractivity contribution is 8.17. The van der Waals surface area contributed by atoms with Gasteiger partial charge in [-0.05, 0) is 62.4 Å². The first-order valence-corrected chi connectivity index (χ1v) is 16.0. The minimum atomic E-state index is -4.50. The molecule has 0 unspecified atom stereocenters. The summed E-state index contributed by atoms with van der Waals surface area (Å²) in [6, 6.07) is 52.1. The monoisotopic (exact) mass is 572 g/mol. The van der Waals surface area contributed by atoms with Crippen LogP contribution in [0.4, 0.5) is 0 Å². The van der Waals surface area contributed by atoms with Crippen LogP contribution in [0.3, 0.4) is 0 Å². The number of hydrogen-bond acceptors (Lipinski definition) is 2. The average molecular weight is 573 g/mol. The van der Waals surface area contributed by atoms with Crippen molar-refractivity contribution < 1.29 is 13.0 Å². The molecule has 0 aliphatic carbocycles. The van der Waals surface area contributed by atoms with Crippen LogP contribution in [0.2, 0.25) is 0 Å². The lowest BCUT2D eigenvalue weighted by atomic mass is 9.97. The summed E-state index contributed by atoms with van der Waals surface area (Å²) in [4.78, 5) is 3.70. The van der Waals surface area contributed by atoms with Gasteiger partial charge in [-0.15, -0.1) is 0 Å². The number of benzene rings is 6. The molecule has 0 saturated carbocycles. The summed E-state index contributed by atoms with van der Waals surface area (Å²) < 4.78 is 35.6. The van der Waals surface area contributed by atoms with E-state index in [1.165, 1.54) is 14.7 Å². The van der Waals surface area contributed by atoms with Gasteiger partial charge in [0.25, 0.3) is 10.1 Å². The quantitative estimate of drug-likeness (QED) is 0.148. The van der Waals surface area contributed by atoms with Crippen LogP contribution in [0.5, 0.6) is 0 Å². The molecule has 3 nitrogen and oxygen atoms in total. The molecule has 0 heterocycles. The summed E-state index contributed by atoms with van der Waals surface area (Å²) >= 11 is 0. The van der Waals surface area contributed by atoms with Gasteiger partial charge < -0.3 is 0 Å². The highest BCUT2D eigenvalue weighted by atomic mass is 32.2. The summed E-state index contributed by atoms with van der Waals surface area (Å²) in [5.41, 5.74) is 4.54. The third-order valence-corrected chi connectivity index (χ3v) is 10.5.